The van der Waals surface area contributed by atoms with E-state index in [-0.39, 0.29) is 37.6 Å². The molecule has 0 saturated carbocycles. The van der Waals surface area contributed by atoms with Crippen LogP contribution in [0.3, 0.4) is 0 Å². The summed E-state index contributed by atoms with van der Waals surface area (Å²) in [5.74, 6) is -1.45. The van der Waals surface area contributed by atoms with Gasteiger partial charge in [-0.3, -0.25) is 14.4 Å². The minimum atomic E-state index is -3.03. The Bertz CT molecular complexity index is 1200. The Balaban J connectivity index is 2.00. The normalized spacial score (nSPS) is 12.2. The molecule has 13 heteroatoms. The van der Waals surface area contributed by atoms with Gasteiger partial charge in [0.05, 0.1) is 20.3 Å². The van der Waals surface area contributed by atoms with Crippen LogP contribution in [0.2, 0.25) is 0 Å². The number of carbonyl (C=O) groups is 4. The van der Waals surface area contributed by atoms with Gasteiger partial charge in [0.1, 0.15) is 23.3 Å². The van der Waals surface area contributed by atoms with Crippen molar-refractivity contribution in [1.29, 1.82) is 0 Å². The van der Waals surface area contributed by atoms with Gasteiger partial charge < -0.3 is 35.5 Å². The van der Waals surface area contributed by atoms with Crippen molar-refractivity contribution < 1.29 is 42.2 Å². The summed E-state index contributed by atoms with van der Waals surface area (Å²) in [5, 5.41) is 10.2. The first kappa shape index (κ1) is 33.8. The number of nitrogens with one attached hydrogen (secondary N) is 4. The SMILES string of the molecule is CCC(NC(=O)C(CC(C)C)NC(=O)NCc1ccccc1OC(F)F)C(=O)C(=O)NCc1cc(OC)cc(OC)c1. The van der Waals surface area contributed by atoms with Crippen molar-refractivity contribution >= 4 is 23.6 Å². The van der Waals surface area contributed by atoms with Crippen LogP contribution in [0.1, 0.15) is 44.7 Å². The summed E-state index contributed by atoms with van der Waals surface area (Å²) >= 11 is 0. The maximum absolute atomic E-state index is 13.1. The lowest BCUT2D eigenvalue weighted by Crippen LogP contribution is -2.55. The largest absolute Gasteiger partial charge is 0.497 e. The number of Topliss-reactive ketones (excluding diaryl/α,β-unsaturated/α-hetero) is 1. The number of halogens is 2. The monoisotopic (exact) mass is 592 g/mol. The van der Waals surface area contributed by atoms with Crippen LogP contribution in [0.4, 0.5) is 13.6 Å². The van der Waals surface area contributed by atoms with Crippen LogP contribution >= 0.6 is 0 Å². The fourth-order valence-corrected chi connectivity index (χ4v) is 3.97. The fourth-order valence-electron chi connectivity index (χ4n) is 3.97. The number of urea groups is 1. The van der Waals surface area contributed by atoms with Gasteiger partial charge in [0.2, 0.25) is 11.7 Å². The van der Waals surface area contributed by atoms with E-state index in [1.54, 1.807) is 31.2 Å². The van der Waals surface area contributed by atoms with Gasteiger partial charge in [0, 0.05) is 24.7 Å². The quantitative estimate of drug-likeness (QED) is 0.219. The number of ketones is 1. The molecule has 0 bridgehead atoms. The van der Waals surface area contributed by atoms with Gasteiger partial charge in [-0.25, -0.2) is 4.79 Å². The zero-order chi connectivity index (χ0) is 31.2. The second-order valence-corrected chi connectivity index (χ2v) is 9.73. The fraction of sp³-hybridized carbons (Fsp3) is 0.448. The first-order chi connectivity index (χ1) is 20.0. The van der Waals surface area contributed by atoms with Crippen molar-refractivity contribution in [3.05, 3.63) is 53.6 Å². The molecule has 0 radical (unpaired) electrons. The number of alkyl halides is 2. The summed E-state index contributed by atoms with van der Waals surface area (Å²) in [6.07, 6.45) is 0.366. The van der Waals surface area contributed by atoms with E-state index < -0.39 is 42.3 Å². The highest BCUT2D eigenvalue weighted by atomic mass is 19.3. The van der Waals surface area contributed by atoms with Crippen molar-refractivity contribution in [2.45, 2.75) is 65.4 Å². The minimum absolute atomic E-state index is 0.0138. The highest BCUT2D eigenvalue weighted by molar-refractivity contribution is 6.38. The second kappa shape index (κ2) is 16.7. The number of benzene rings is 2. The van der Waals surface area contributed by atoms with Gasteiger partial charge in [-0.1, -0.05) is 39.0 Å². The van der Waals surface area contributed by atoms with E-state index in [0.29, 0.717) is 22.6 Å². The third-order valence-electron chi connectivity index (χ3n) is 6.09. The highest BCUT2D eigenvalue weighted by Gasteiger charge is 2.29. The smallest absolute Gasteiger partial charge is 0.387 e. The third-order valence-corrected chi connectivity index (χ3v) is 6.09. The lowest BCUT2D eigenvalue weighted by Gasteiger charge is -2.23. The Morgan fingerprint density at radius 2 is 1.50 bits per heavy atom. The van der Waals surface area contributed by atoms with Gasteiger partial charge in [0.15, 0.2) is 0 Å². The van der Waals surface area contributed by atoms with Gasteiger partial charge in [-0.2, -0.15) is 8.78 Å². The highest BCUT2D eigenvalue weighted by Crippen LogP contribution is 2.22. The van der Waals surface area contributed by atoms with Crippen LogP contribution in [0.5, 0.6) is 17.2 Å². The van der Waals surface area contributed by atoms with E-state index in [9.17, 15) is 28.0 Å². The molecule has 2 rings (SSSR count). The van der Waals surface area contributed by atoms with Crippen LogP contribution in [-0.4, -0.2) is 56.5 Å². The lowest BCUT2D eigenvalue weighted by atomic mass is 10.0. The number of methoxy groups -OCH3 is 2. The summed E-state index contributed by atoms with van der Waals surface area (Å²) in [5.41, 5.74) is 0.952. The Kier molecular flexibility index (Phi) is 13.5. The molecule has 0 aliphatic rings. The van der Waals surface area contributed by atoms with Crippen molar-refractivity contribution in [1.82, 2.24) is 21.3 Å². The summed E-state index contributed by atoms with van der Waals surface area (Å²) in [6, 6.07) is 8.14. The molecule has 0 aliphatic carbocycles. The minimum Gasteiger partial charge on any atom is -0.497 e. The predicted octanol–water partition coefficient (Wildman–Crippen LogP) is 3.30. The van der Waals surface area contributed by atoms with Crippen molar-refractivity contribution in [3.63, 3.8) is 0 Å². The molecule has 0 saturated heterocycles. The molecule has 0 heterocycles. The van der Waals surface area contributed by atoms with Crippen LogP contribution in [0.15, 0.2) is 42.5 Å². The first-order valence-corrected chi connectivity index (χ1v) is 13.4. The van der Waals surface area contributed by atoms with E-state index >= 15 is 0 Å². The molecular formula is C29H38F2N4O7. The van der Waals surface area contributed by atoms with Crippen LogP contribution in [-0.2, 0) is 27.5 Å². The number of rotatable bonds is 16. The molecule has 2 unspecified atom stereocenters. The Morgan fingerprint density at radius 3 is 2.07 bits per heavy atom. The van der Waals surface area contributed by atoms with Gasteiger partial charge >= 0.3 is 12.6 Å². The average Bonchev–Trinajstić information content (AvgIpc) is 2.96. The zero-order valence-electron chi connectivity index (χ0n) is 24.3. The summed E-state index contributed by atoms with van der Waals surface area (Å²) in [7, 11) is 2.98. The maximum atomic E-state index is 13.1. The van der Waals surface area contributed by atoms with Crippen molar-refractivity contribution in [3.8, 4) is 17.2 Å². The second-order valence-electron chi connectivity index (χ2n) is 9.73. The Morgan fingerprint density at radius 1 is 0.857 bits per heavy atom. The number of hydrogen-bond donors (Lipinski definition) is 4. The number of carbonyl (C=O) groups excluding carboxylic acids is 4. The molecule has 4 N–H and O–H groups in total. The molecule has 2 aromatic rings. The molecule has 230 valence electrons. The Labute approximate surface area is 243 Å². The van der Waals surface area contributed by atoms with E-state index in [1.165, 1.54) is 32.4 Å². The number of ether oxygens (including phenoxy) is 3. The summed E-state index contributed by atoms with van der Waals surface area (Å²) < 4.78 is 40.2. The number of amides is 4. The molecule has 0 aliphatic heterocycles. The van der Waals surface area contributed by atoms with Crippen LogP contribution in [0, 0.1) is 5.92 Å². The molecule has 42 heavy (non-hydrogen) atoms. The molecule has 11 nitrogen and oxygen atoms in total. The van der Waals surface area contributed by atoms with E-state index in [1.807, 2.05) is 13.8 Å². The number of hydrogen-bond acceptors (Lipinski definition) is 7. The number of para-hydroxylation sites is 1. The maximum Gasteiger partial charge on any atom is 0.387 e. The molecule has 2 atom stereocenters. The summed E-state index contributed by atoms with van der Waals surface area (Å²) in [4.78, 5) is 51.2. The molecule has 4 amide bonds. The van der Waals surface area contributed by atoms with Gasteiger partial charge in [0.25, 0.3) is 5.91 Å². The van der Waals surface area contributed by atoms with E-state index in [4.69, 9.17) is 9.47 Å². The van der Waals surface area contributed by atoms with Gasteiger partial charge in [-0.15, -0.1) is 0 Å². The zero-order valence-corrected chi connectivity index (χ0v) is 24.3. The molecule has 0 aromatic heterocycles. The van der Waals surface area contributed by atoms with E-state index in [0.717, 1.165) is 0 Å². The Hall–Kier alpha value is -4.42. The molecular weight excluding hydrogens is 554 g/mol. The first-order valence-electron chi connectivity index (χ1n) is 13.4. The van der Waals surface area contributed by atoms with Crippen molar-refractivity contribution in [2.75, 3.05) is 14.2 Å². The van der Waals surface area contributed by atoms with E-state index in [2.05, 4.69) is 26.0 Å². The third kappa shape index (κ3) is 10.9. The molecule has 0 fully saturated rings. The summed E-state index contributed by atoms with van der Waals surface area (Å²) in [6.45, 7) is 2.19. The standard InChI is InChI=1S/C29H38F2N4O7/c1-6-22(25(36)27(38)32-15-18-12-20(40-4)14-21(13-18)41-5)34-26(37)23(11-17(2)3)35-29(39)33-16-19-9-7-8-10-24(19)42-28(30)31/h7-10,12-14,17,22-23,28H,6,11,15-16H2,1-5H3,(H,32,38)(H,34,37)(H2,33,35,39). The molecule has 0 spiro atoms. The van der Waals surface area contributed by atoms with Gasteiger partial charge in [-0.05, 0) is 42.5 Å². The molecule has 2 aromatic carbocycles. The predicted molar refractivity (Wildman–Crippen MR) is 150 cm³/mol. The topological polar surface area (TPSA) is 144 Å². The van der Waals surface area contributed by atoms with Crippen LogP contribution in [0.25, 0.3) is 0 Å². The average molecular weight is 593 g/mol. The van der Waals surface area contributed by atoms with Crippen LogP contribution < -0.4 is 35.5 Å². The van der Waals surface area contributed by atoms with Crippen molar-refractivity contribution in [2.24, 2.45) is 5.92 Å². The lowest BCUT2D eigenvalue weighted by molar-refractivity contribution is -0.140.